The molecule has 7 heteroatoms. The van der Waals surface area contributed by atoms with Crippen LogP contribution in [-0.4, -0.2) is 38.0 Å². The first-order valence-electron chi connectivity index (χ1n) is 8.82. The number of aromatic nitrogens is 4. The molecule has 1 heterocycles. The Morgan fingerprint density at radius 2 is 1.59 bits per heavy atom. The van der Waals surface area contributed by atoms with Crippen LogP contribution in [0.25, 0.3) is 0 Å². The summed E-state index contributed by atoms with van der Waals surface area (Å²) in [5.74, 6) is 2.88. The van der Waals surface area contributed by atoms with Gasteiger partial charge in [-0.25, -0.2) is 4.68 Å². The number of para-hydroxylation sites is 1. The smallest absolute Gasteiger partial charge is 0.156 e. The van der Waals surface area contributed by atoms with Gasteiger partial charge in [-0.15, -0.1) is 5.10 Å². The molecule has 1 unspecified atom stereocenters. The molecule has 0 aliphatic heterocycles. The number of nitrogens with zero attached hydrogens (tertiary/aromatic N) is 4. The van der Waals surface area contributed by atoms with E-state index in [1.54, 1.807) is 4.68 Å². The van der Waals surface area contributed by atoms with Crippen molar-refractivity contribution >= 4 is 0 Å². The van der Waals surface area contributed by atoms with Crippen LogP contribution in [0.3, 0.4) is 0 Å². The van der Waals surface area contributed by atoms with Gasteiger partial charge in [0.15, 0.2) is 5.82 Å². The van der Waals surface area contributed by atoms with Crippen LogP contribution >= 0.6 is 0 Å². The first-order chi connectivity index (χ1) is 12.9. The number of tetrazole rings is 1. The van der Waals surface area contributed by atoms with Crippen LogP contribution in [0.2, 0.25) is 0 Å². The SMILES string of the molecule is CC(C)(C)c1nnnn1CC(O)COc1ccc(Oc2ccccc2)cc1. The van der Waals surface area contributed by atoms with Gasteiger partial charge in [0.25, 0.3) is 0 Å². The van der Waals surface area contributed by atoms with Gasteiger partial charge in [0, 0.05) is 5.41 Å². The zero-order chi connectivity index (χ0) is 19.3. The molecular weight excluding hydrogens is 344 g/mol. The molecule has 0 aliphatic rings. The number of hydrogen-bond acceptors (Lipinski definition) is 6. The summed E-state index contributed by atoms with van der Waals surface area (Å²) in [6, 6.07) is 16.8. The summed E-state index contributed by atoms with van der Waals surface area (Å²) in [5.41, 5.74) is -0.196. The van der Waals surface area contributed by atoms with Crippen molar-refractivity contribution < 1.29 is 14.6 Å². The number of rotatable bonds is 7. The van der Waals surface area contributed by atoms with Crippen molar-refractivity contribution in [3.8, 4) is 17.2 Å². The first kappa shape index (κ1) is 18.8. The Bertz CT molecular complexity index is 842. The number of ether oxygens (including phenoxy) is 2. The van der Waals surface area contributed by atoms with E-state index in [0.717, 1.165) is 17.3 Å². The van der Waals surface area contributed by atoms with Crippen molar-refractivity contribution in [3.05, 3.63) is 60.4 Å². The molecule has 0 radical (unpaired) electrons. The molecular formula is C20H24N4O3. The quantitative estimate of drug-likeness (QED) is 0.690. The van der Waals surface area contributed by atoms with E-state index in [2.05, 4.69) is 15.5 Å². The molecule has 0 aliphatic carbocycles. The van der Waals surface area contributed by atoms with E-state index in [9.17, 15) is 5.11 Å². The molecule has 1 atom stereocenters. The van der Waals surface area contributed by atoms with Crippen molar-refractivity contribution in [1.29, 1.82) is 0 Å². The second-order valence-electron chi connectivity index (χ2n) is 7.29. The van der Waals surface area contributed by atoms with Gasteiger partial charge in [0.05, 0.1) is 6.54 Å². The molecule has 0 saturated heterocycles. The molecule has 1 N–H and O–H groups in total. The standard InChI is InChI=1S/C20H24N4O3/c1-20(2,3)19-21-22-23-24(19)13-15(25)14-26-16-9-11-18(12-10-16)27-17-7-5-4-6-8-17/h4-12,15,25H,13-14H2,1-3H3. The minimum atomic E-state index is -0.727. The van der Waals surface area contributed by atoms with E-state index < -0.39 is 6.10 Å². The third-order valence-corrected chi connectivity index (χ3v) is 3.83. The maximum Gasteiger partial charge on any atom is 0.156 e. The van der Waals surface area contributed by atoms with Crippen molar-refractivity contribution in [3.63, 3.8) is 0 Å². The van der Waals surface area contributed by atoms with E-state index in [1.807, 2.05) is 75.4 Å². The maximum atomic E-state index is 10.3. The zero-order valence-corrected chi connectivity index (χ0v) is 15.7. The van der Waals surface area contributed by atoms with Crippen LogP contribution in [0.5, 0.6) is 17.2 Å². The highest BCUT2D eigenvalue weighted by molar-refractivity contribution is 5.35. The topological polar surface area (TPSA) is 82.3 Å². The van der Waals surface area contributed by atoms with Crippen molar-refractivity contribution in [2.45, 2.75) is 38.8 Å². The Labute approximate surface area is 158 Å². The minimum Gasteiger partial charge on any atom is -0.491 e. The summed E-state index contributed by atoms with van der Waals surface area (Å²) >= 11 is 0. The molecule has 0 spiro atoms. The first-order valence-corrected chi connectivity index (χ1v) is 8.82. The molecule has 2 aromatic carbocycles. The lowest BCUT2D eigenvalue weighted by molar-refractivity contribution is 0.0871. The second-order valence-corrected chi connectivity index (χ2v) is 7.29. The zero-order valence-electron chi connectivity index (χ0n) is 15.7. The van der Waals surface area contributed by atoms with Gasteiger partial charge in [-0.2, -0.15) is 0 Å². The second kappa shape index (κ2) is 8.18. The van der Waals surface area contributed by atoms with Crippen LogP contribution in [0.15, 0.2) is 54.6 Å². The molecule has 3 rings (SSSR count). The molecule has 0 fully saturated rings. The number of benzene rings is 2. The molecule has 0 bridgehead atoms. The van der Waals surface area contributed by atoms with Gasteiger partial charge in [-0.05, 0) is 46.8 Å². The fourth-order valence-electron chi connectivity index (χ4n) is 2.54. The normalized spacial score (nSPS) is 12.6. The van der Waals surface area contributed by atoms with Gasteiger partial charge in [0.2, 0.25) is 0 Å². The Hall–Kier alpha value is -2.93. The molecule has 0 amide bonds. The summed E-state index contributed by atoms with van der Waals surface area (Å²) < 4.78 is 13.0. The van der Waals surface area contributed by atoms with Crippen LogP contribution in [0, 0.1) is 0 Å². The number of aliphatic hydroxyl groups is 1. The summed E-state index contributed by atoms with van der Waals surface area (Å²) in [4.78, 5) is 0. The highest BCUT2D eigenvalue weighted by Gasteiger charge is 2.23. The lowest BCUT2D eigenvalue weighted by Gasteiger charge is -2.19. The Morgan fingerprint density at radius 1 is 0.963 bits per heavy atom. The molecule has 7 nitrogen and oxygen atoms in total. The van der Waals surface area contributed by atoms with Crippen molar-refractivity contribution in [1.82, 2.24) is 20.2 Å². The number of aliphatic hydroxyl groups excluding tert-OH is 1. The van der Waals surface area contributed by atoms with Gasteiger partial charge < -0.3 is 14.6 Å². The van der Waals surface area contributed by atoms with Gasteiger partial charge in [-0.1, -0.05) is 39.0 Å². The number of hydrogen-bond donors (Lipinski definition) is 1. The van der Waals surface area contributed by atoms with Crippen molar-refractivity contribution in [2.24, 2.45) is 0 Å². The summed E-state index contributed by atoms with van der Waals surface area (Å²) in [5, 5.41) is 21.9. The average molecular weight is 368 g/mol. The fraction of sp³-hybridized carbons (Fsp3) is 0.350. The van der Waals surface area contributed by atoms with Gasteiger partial charge in [-0.3, -0.25) is 0 Å². The lowest BCUT2D eigenvalue weighted by Crippen LogP contribution is -2.28. The Morgan fingerprint density at radius 3 is 2.26 bits per heavy atom. The van der Waals surface area contributed by atoms with Crippen molar-refractivity contribution in [2.75, 3.05) is 6.61 Å². The predicted molar refractivity (Wildman–Crippen MR) is 101 cm³/mol. The van der Waals surface area contributed by atoms with Crippen LogP contribution < -0.4 is 9.47 Å². The predicted octanol–water partition coefficient (Wildman–Crippen LogP) is 3.20. The fourth-order valence-corrected chi connectivity index (χ4v) is 2.54. The summed E-state index contributed by atoms with van der Waals surface area (Å²) in [7, 11) is 0. The summed E-state index contributed by atoms with van der Waals surface area (Å²) in [6.07, 6.45) is -0.727. The third-order valence-electron chi connectivity index (χ3n) is 3.83. The van der Waals surface area contributed by atoms with Crippen LogP contribution in [-0.2, 0) is 12.0 Å². The van der Waals surface area contributed by atoms with Crippen LogP contribution in [0.1, 0.15) is 26.6 Å². The molecule has 1 aromatic heterocycles. The van der Waals surface area contributed by atoms with E-state index in [-0.39, 0.29) is 18.6 Å². The molecule has 0 saturated carbocycles. The average Bonchev–Trinajstić information content (AvgIpc) is 3.10. The molecule has 142 valence electrons. The van der Waals surface area contributed by atoms with Gasteiger partial charge in [0.1, 0.15) is 30.0 Å². The largest absolute Gasteiger partial charge is 0.491 e. The molecule has 3 aromatic rings. The monoisotopic (exact) mass is 368 g/mol. The summed E-state index contributed by atoms with van der Waals surface area (Å²) in [6.45, 7) is 6.49. The maximum absolute atomic E-state index is 10.3. The van der Waals surface area contributed by atoms with E-state index in [1.165, 1.54) is 0 Å². The van der Waals surface area contributed by atoms with E-state index in [0.29, 0.717) is 5.75 Å². The lowest BCUT2D eigenvalue weighted by atomic mass is 9.96. The highest BCUT2D eigenvalue weighted by Crippen LogP contribution is 2.23. The van der Waals surface area contributed by atoms with Gasteiger partial charge >= 0.3 is 0 Å². The highest BCUT2D eigenvalue weighted by atomic mass is 16.5. The third kappa shape index (κ3) is 5.27. The Kier molecular flexibility index (Phi) is 5.71. The Balaban J connectivity index is 1.52. The minimum absolute atomic E-state index is 0.141. The van der Waals surface area contributed by atoms with Crippen LogP contribution in [0.4, 0.5) is 0 Å². The van der Waals surface area contributed by atoms with E-state index in [4.69, 9.17) is 9.47 Å². The molecule has 27 heavy (non-hydrogen) atoms. The van der Waals surface area contributed by atoms with E-state index >= 15 is 0 Å².